The van der Waals surface area contributed by atoms with Gasteiger partial charge in [0.25, 0.3) is 0 Å². The standard InChI is InChI=1S/C19H32N4S.HI/c1-5-23(3)14-16-8-6-7-15(11-16)13-21-19(20-2)22-17-9-10-18(12-17)24-4;/h6-8,11,17-18H,5,9-10,12-14H2,1-4H3,(H2,20,21,22);1H. The quantitative estimate of drug-likeness (QED) is 0.358. The summed E-state index contributed by atoms with van der Waals surface area (Å²) in [4.78, 5) is 6.70. The minimum Gasteiger partial charge on any atom is -0.354 e. The van der Waals surface area contributed by atoms with E-state index in [-0.39, 0.29) is 24.0 Å². The van der Waals surface area contributed by atoms with Crippen LogP contribution in [0.2, 0.25) is 0 Å². The van der Waals surface area contributed by atoms with E-state index in [9.17, 15) is 0 Å². The summed E-state index contributed by atoms with van der Waals surface area (Å²) in [5.74, 6) is 0.915. The molecule has 0 spiro atoms. The van der Waals surface area contributed by atoms with Gasteiger partial charge in [0.2, 0.25) is 0 Å². The van der Waals surface area contributed by atoms with Gasteiger partial charge in [-0.3, -0.25) is 4.99 Å². The van der Waals surface area contributed by atoms with Gasteiger partial charge >= 0.3 is 0 Å². The molecule has 0 aromatic heterocycles. The van der Waals surface area contributed by atoms with E-state index in [4.69, 9.17) is 0 Å². The Hall–Kier alpha value is -0.470. The Bertz CT molecular complexity index is 538. The van der Waals surface area contributed by atoms with Crippen molar-refractivity contribution >= 4 is 41.7 Å². The number of thioether (sulfide) groups is 1. The second-order valence-corrected chi connectivity index (χ2v) is 7.73. The summed E-state index contributed by atoms with van der Waals surface area (Å²) < 4.78 is 0. The van der Waals surface area contributed by atoms with Gasteiger partial charge < -0.3 is 15.5 Å². The average molecular weight is 476 g/mol. The van der Waals surface area contributed by atoms with Crippen molar-refractivity contribution in [1.82, 2.24) is 15.5 Å². The van der Waals surface area contributed by atoms with Crippen molar-refractivity contribution in [3.8, 4) is 0 Å². The Morgan fingerprint density at radius 3 is 2.72 bits per heavy atom. The first-order valence-corrected chi connectivity index (χ1v) is 10.2. The Labute approximate surface area is 174 Å². The number of nitrogens with one attached hydrogen (secondary N) is 2. The molecule has 0 radical (unpaired) electrons. The average Bonchev–Trinajstić information content (AvgIpc) is 3.06. The van der Waals surface area contributed by atoms with Crippen LogP contribution in [-0.4, -0.2) is 49.0 Å². The van der Waals surface area contributed by atoms with E-state index in [1.54, 1.807) is 0 Å². The Balaban J connectivity index is 0.00000312. The van der Waals surface area contributed by atoms with Gasteiger partial charge in [0.1, 0.15) is 0 Å². The molecule has 2 N–H and O–H groups in total. The zero-order chi connectivity index (χ0) is 17.4. The molecule has 0 amide bonds. The maximum Gasteiger partial charge on any atom is 0.191 e. The van der Waals surface area contributed by atoms with Gasteiger partial charge in [-0.25, -0.2) is 0 Å². The van der Waals surface area contributed by atoms with Crippen LogP contribution in [0.15, 0.2) is 29.3 Å². The third-order valence-corrected chi connectivity index (χ3v) is 5.82. The largest absolute Gasteiger partial charge is 0.354 e. The van der Waals surface area contributed by atoms with Crippen LogP contribution in [0.4, 0.5) is 0 Å². The highest BCUT2D eigenvalue weighted by molar-refractivity contribution is 14.0. The van der Waals surface area contributed by atoms with Crippen LogP contribution in [0.25, 0.3) is 0 Å². The molecule has 1 aliphatic rings. The van der Waals surface area contributed by atoms with Gasteiger partial charge in [-0.05, 0) is 50.2 Å². The third-order valence-electron chi connectivity index (χ3n) is 4.73. The van der Waals surface area contributed by atoms with Crippen molar-refractivity contribution in [2.75, 3.05) is 26.9 Å². The lowest BCUT2D eigenvalue weighted by molar-refractivity contribution is 0.345. The smallest absolute Gasteiger partial charge is 0.191 e. The minimum absolute atomic E-state index is 0. The first-order chi connectivity index (χ1) is 11.6. The third kappa shape index (κ3) is 7.74. The van der Waals surface area contributed by atoms with E-state index in [1.807, 2.05) is 18.8 Å². The van der Waals surface area contributed by atoms with Crippen LogP contribution in [0, 0.1) is 0 Å². The Morgan fingerprint density at radius 1 is 1.32 bits per heavy atom. The lowest BCUT2D eigenvalue weighted by atomic mass is 10.1. The second kappa shape index (κ2) is 12.0. The Kier molecular flexibility index (Phi) is 10.8. The molecule has 0 aliphatic heterocycles. The molecule has 2 atom stereocenters. The van der Waals surface area contributed by atoms with E-state index in [2.05, 4.69) is 65.0 Å². The SMILES string of the molecule is CCN(C)Cc1cccc(CNC(=NC)NC2CCC(SC)C2)c1.I. The highest BCUT2D eigenvalue weighted by atomic mass is 127. The molecular weight excluding hydrogens is 443 g/mol. The fourth-order valence-electron chi connectivity index (χ4n) is 3.12. The number of hydrogen-bond donors (Lipinski definition) is 2. The molecule has 2 unspecified atom stereocenters. The lowest BCUT2D eigenvalue weighted by Crippen LogP contribution is -2.42. The van der Waals surface area contributed by atoms with E-state index < -0.39 is 0 Å². The molecule has 25 heavy (non-hydrogen) atoms. The van der Waals surface area contributed by atoms with Gasteiger partial charge in [0.15, 0.2) is 5.96 Å². The molecular formula is C19H33IN4S. The number of nitrogens with zero attached hydrogens (tertiary/aromatic N) is 2. The summed E-state index contributed by atoms with van der Waals surface area (Å²) in [6, 6.07) is 9.36. The topological polar surface area (TPSA) is 39.7 Å². The molecule has 6 heteroatoms. The molecule has 1 aliphatic carbocycles. The molecule has 142 valence electrons. The van der Waals surface area contributed by atoms with Gasteiger partial charge in [0, 0.05) is 31.4 Å². The lowest BCUT2D eigenvalue weighted by Gasteiger charge is -2.18. The van der Waals surface area contributed by atoms with Crippen molar-refractivity contribution in [1.29, 1.82) is 0 Å². The predicted octanol–water partition coefficient (Wildman–Crippen LogP) is 3.71. The van der Waals surface area contributed by atoms with E-state index >= 15 is 0 Å². The van der Waals surface area contributed by atoms with Crippen LogP contribution in [-0.2, 0) is 13.1 Å². The number of guanidine groups is 1. The van der Waals surface area contributed by atoms with Gasteiger partial charge in [-0.1, -0.05) is 31.2 Å². The molecule has 1 saturated carbocycles. The van der Waals surface area contributed by atoms with Crippen molar-refractivity contribution in [2.24, 2.45) is 4.99 Å². The van der Waals surface area contributed by atoms with Crippen LogP contribution < -0.4 is 10.6 Å². The molecule has 2 rings (SSSR count). The van der Waals surface area contributed by atoms with Crippen LogP contribution in [0.1, 0.15) is 37.3 Å². The normalized spacial score (nSPS) is 20.4. The van der Waals surface area contributed by atoms with E-state index in [0.717, 1.165) is 30.8 Å². The van der Waals surface area contributed by atoms with Crippen LogP contribution >= 0.6 is 35.7 Å². The fraction of sp³-hybridized carbons (Fsp3) is 0.632. The van der Waals surface area contributed by atoms with Crippen molar-refractivity contribution in [3.63, 3.8) is 0 Å². The number of aliphatic imine (C=N–C) groups is 1. The summed E-state index contributed by atoms with van der Waals surface area (Å²) in [6.45, 7) is 5.06. The molecule has 1 aromatic carbocycles. The molecule has 4 nitrogen and oxygen atoms in total. The first kappa shape index (κ1) is 22.6. The molecule has 1 aromatic rings. The summed E-state index contributed by atoms with van der Waals surface area (Å²) in [7, 11) is 4.00. The molecule has 1 fully saturated rings. The number of halogens is 1. The summed E-state index contributed by atoms with van der Waals surface area (Å²) in [5, 5.41) is 7.83. The highest BCUT2D eigenvalue weighted by Crippen LogP contribution is 2.28. The number of hydrogen-bond acceptors (Lipinski definition) is 3. The van der Waals surface area contributed by atoms with Gasteiger partial charge in [-0.15, -0.1) is 24.0 Å². The summed E-state index contributed by atoms with van der Waals surface area (Å²) in [6.07, 6.45) is 6.00. The van der Waals surface area contributed by atoms with Crippen molar-refractivity contribution in [2.45, 2.75) is 50.6 Å². The molecule has 0 heterocycles. The molecule has 0 saturated heterocycles. The maximum absolute atomic E-state index is 4.38. The Morgan fingerprint density at radius 2 is 2.08 bits per heavy atom. The highest BCUT2D eigenvalue weighted by Gasteiger charge is 2.24. The second-order valence-electron chi connectivity index (χ2n) is 6.59. The minimum atomic E-state index is 0. The van der Waals surface area contributed by atoms with E-state index in [1.165, 1.54) is 30.4 Å². The summed E-state index contributed by atoms with van der Waals surface area (Å²) >= 11 is 1.98. The van der Waals surface area contributed by atoms with Crippen LogP contribution in [0.3, 0.4) is 0 Å². The zero-order valence-corrected chi connectivity index (χ0v) is 19.1. The summed E-state index contributed by atoms with van der Waals surface area (Å²) in [5.41, 5.74) is 2.66. The van der Waals surface area contributed by atoms with Gasteiger partial charge in [0.05, 0.1) is 0 Å². The van der Waals surface area contributed by atoms with Crippen molar-refractivity contribution in [3.05, 3.63) is 35.4 Å². The zero-order valence-electron chi connectivity index (χ0n) is 15.9. The number of rotatable bonds is 7. The van der Waals surface area contributed by atoms with E-state index in [0.29, 0.717) is 6.04 Å². The van der Waals surface area contributed by atoms with Gasteiger partial charge in [-0.2, -0.15) is 11.8 Å². The molecule has 0 bridgehead atoms. The van der Waals surface area contributed by atoms with Crippen LogP contribution in [0.5, 0.6) is 0 Å². The predicted molar refractivity (Wildman–Crippen MR) is 122 cm³/mol. The first-order valence-electron chi connectivity index (χ1n) is 8.91. The maximum atomic E-state index is 4.38. The number of benzene rings is 1. The fourth-order valence-corrected chi connectivity index (χ4v) is 3.92. The monoisotopic (exact) mass is 476 g/mol. The van der Waals surface area contributed by atoms with Crippen molar-refractivity contribution < 1.29 is 0 Å².